The molecule has 4 amide bonds. The minimum absolute atomic E-state index is 0.0854. The summed E-state index contributed by atoms with van der Waals surface area (Å²) in [5.41, 5.74) is 21.3. The van der Waals surface area contributed by atoms with E-state index in [2.05, 4.69) is 20.9 Å². The number of rotatable bonds is 14. The van der Waals surface area contributed by atoms with Gasteiger partial charge in [0, 0.05) is 13.0 Å². The molecule has 14 heteroatoms. The monoisotopic (exact) mass is 430 g/mol. The third-order valence-electron chi connectivity index (χ3n) is 3.78. The van der Waals surface area contributed by atoms with Crippen molar-refractivity contribution in [3.05, 3.63) is 0 Å². The van der Waals surface area contributed by atoms with Crippen molar-refractivity contribution in [2.24, 2.45) is 27.9 Å². The molecule has 0 aromatic rings. The molecule has 0 saturated heterocycles. The van der Waals surface area contributed by atoms with E-state index in [0.717, 1.165) is 0 Å². The van der Waals surface area contributed by atoms with Gasteiger partial charge in [0.1, 0.15) is 18.6 Å². The average molecular weight is 430 g/mol. The van der Waals surface area contributed by atoms with Gasteiger partial charge in [-0.2, -0.15) is 0 Å². The van der Waals surface area contributed by atoms with E-state index in [1.165, 1.54) is 6.92 Å². The number of carboxylic acids is 1. The Balaban J connectivity index is 4.87. The molecule has 0 aliphatic rings. The quantitative estimate of drug-likeness (QED) is 0.0753. The van der Waals surface area contributed by atoms with E-state index >= 15 is 0 Å². The standard InChI is InChI=1S/C16H30N8O6/c1-8(13(28)22-7-12(26)27)23-15(30)10(4-5-11(18)25)24-14(29)9(17)3-2-6-21-16(19)20/h8-10H,2-7,17H2,1H3,(H2,18,25)(H,22,28)(H,23,30)(H,24,29)(H,26,27)(H4,19,20,21). The fraction of sp³-hybridized carbons (Fsp3) is 0.625. The predicted octanol–water partition coefficient (Wildman–Crippen LogP) is -4.18. The van der Waals surface area contributed by atoms with Crippen molar-refractivity contribution >= 4 is 35.6 Å². The van der Waals surface area contributed by atoms with Crippen LogP contribution in [0.15, 0.2) is 4.99 Å². The Morgan fingerprint density at radius 2 is 1.60 bits per heavy atom. The second kappa shape index (κ2) is 13.7. The van der Waals surface area contributed by atoms with E-state index in [-0.39, 0.29) is 31.8 Å². The van der Waals surface area contributed by atoms with Crippen LogP contribution in [0.5, 0.6) is 0 Å². The van der Waals surface area contributed by atoms with Crippen molar-refractivity contribution in [3.8, 4) is 0 Å². The zero-order valence-corrected chi connectivity index (χ0v) is 16.7. The largest absolute Gasteiger partial charge is 0.480 e. The molecule has 3 atom stereocenters. The number of nitrogens with zero attached hydrogens (tertiary/aromatic N) is 1. The molecule has 0 radical (unpaired) electrons. The highest BCUT2D eigenvalue weighted by atomic mass is 16.4. The second-order valence-electron chi connectivity index (χ2n) is 6.46. The van der Waals surface area contributed by atoms with Crippen LogP contribution in [0.1, 0.15) is 32.6 Å². The topological polar surface area (TPSA) is 258 Å². The van der Waals surface area contributed by atoms with Crippen molar-refractivity contribution in [1.29, 1.82) is 0 Å². The van der Waals surface area contributed by atoms with Crippen molar-refractivity contribution in [3.63, 3.8) is 0 Å². The minimum atomic E-state index is -1.25. The smallest absolute Gasteiger partial charge is 0.322 e. The van der Waals surface area contributed by atoms with E-state index < -0.39 is 54.3 Å². The first kappa shape index (κ1) is 26.6. The van der Waals surface area contributed by atoms with Crippen molar-refractivity contribution in [2.45, 2.75) is 50.7 Å². The van der Waals surface area contributed by atoms with Crippen LogP contribution in [-0.2, 0) is 24.0 Å². The fourth-order valence-corrected chi connectivity index (χ4v) is 2.18. The van der Waals surface area contributed by atoms with Gasteiger partial charge in [0.15, 0.2) is 5.96 Å². The van der Waals surface area contributed by atoms with Crippen LogP contribution in [-0.4, -0.2) is 71.9 Å². The zero-order valence-electron chi connectivity index (χ0n) is 16.7. The third-order valence-corrected chi connectivity index (χ3v) is 3.78. The molecule has 14 nitrogen and oxygen atoms in total. The zero-order chi connectivity index (χ0) is 23.3. The Hall–Kier alpha value is -3.42. The first-order valence-corrected chi connectivity index (χ1v) is 9.13. The Morgan fingerprint density at radius 3 is 2.13 bits per heavy atom. The molecule has 0 aromatic carbocycles. The van der Waals surface area contributed by atoms with Gasteiger partial charge in [-0.25, -0.2) is 0 Å². The highest BCUT2D eigenvalue weighted by molar-refractivity contribution is 5.93. The number of hydrogen-bond acceptors (Lipinski definition) is 7. The number of nitrogens with one attached hydrogen (secondary N) is 3. The number of primary amides is 1. The molecular weight excluding hydrogens is 400 g/mol. The average Bonchev–Trinajstić information content (AvgIpc) is 2.65. The number of hydrogen-bond donors (Lipinski definition) is 8. The van der Waals surface area contributed by atoms with E-state index in [0.29, 0.717) is 6.42 Å². The fourth-order valence-electron chi connectivity index (χ4n) is 2.18. The summed E-state index contributed by atoms with van der Waals surface area (Å²) in [4.78, 5) is 61.8. The number of carbonyl (C=O) groups excluding carboxylic acids is 4. The summed E-state index contributed by atoms with van der Waals surface area (Å²) in [7, 11) is 0. The van der Waals surface area contributed by atoms with Gasteiger partial charge in [0.25, 0.3) is 0 Å². The van der Waals surface area contributed by atoms with Crippen LogP contribution >= 0.6 is 0 Å². The Labute approximate surface area is 173 Å². The Kier molecular flexibility index (Phi) is 12.1. The van der Waals surface area contributed by atoms with Crippen LogP contribution in [0.2, 0.25) is 0 Å². The highest BCUT2D eigenvalue weighted by Crippen LogP contribution is 2.02. The number of aliphatic imine (C=N–C) groups is 1. The van der Waals surface area contributed by atoms with E-state index in [1.54, 1.807) is 0 Å². The predicted molar refractivity (Wildman–Crippen MR) is 106 cm³/mol. The SMILES string of the molecule is CC(NC(=O)C(CCC(N)=O)NC(=O)C(N)CCCN=C(N)N)C(=O)NCC(=O)O. The van der Waals surface area contributed by atoms with Gasteiger partial charge in [0.05, 0.1) is 6.04 Å². The summed E-state index contributed by atoms with van der Waals surface area (Å²) in [6, 6.07) is -3.22. The Bertz CT molecular complexity index is 664. The van der Waals surface area contributed by atoms with Crippen molar-refractivity contribution in [1.82, 2.24) is 16.0 Å². The normalized spacial score (nSPS) is 13.3. The van der Waals surface area contributed by atoms with Crippen molar-refractivity contribution in [2.75, 3.05) is 13.1 Å². The van der Waals surface area contributed by atoms with Gasteiger partial charge >= 0.3 is 5.97 Å². The van der Waals surface area contributed by atoms with Gasteiger partial charge < -0.3 is 44.0 Å². The van der Waals surface area contributed by atoms with Crippen LogP contribution in [0.3, 0.4) is 0 Å². The van der Waals surface area contributed by atoms with Crippen LogP contribution < -0.4 is 38.9 Å². The molecular formula is C16H30N8O6. The number of nitrogens with two attached hydrogens (primary N) is 4. The van der Waals surface area contributed by atoms with Gasteiger partial charge in [0.2, 0.25) is 23.6 Å². The van der Waals surface area contributed by atoms with Gasteiger partial charge in [-0.15, -0.1) is 0 Å². The maximum atomic E-state index is 12.4. The molecule has 3 unspecified atom stereocenters. The summed E-state index contributed by atoms with van der Waals surface area (Å²) in [5.74, 6) is -4.15. The molecule has 0 bridgehead atoms. The molecule has 12 N–H and O–H groups in total. The van der Waals surface area contributed by atoms with Crippen molar-refractivity contribution < 1.29 is 29.1 Å². The van der Waals surface area contributed by atoms with E-state index in [9.17, 15) is 24.0 Å². The molecule has 0 spiro atoms. The maximum Gasteiger partial charge on any atom is 0.322 e. The first-order valence-electron chi connectivity index (χ1n) is 9.13. The molecule has 0 heterocycles. The summed E-state index contributed by atoms with van der Waals surface area (Å²) in [6.45, 7) is 0.991. The lowest BCUT2D eigenvalue weighted by atomic mass is 10.1. The molecule has 0 aliphatic heterocycles. The molecule has 30 heavy (non-hydrogen) atoms. The summed E-state index contributed by atoms with van der Waals surface area (Å²) < 4.78 is 0. The van der Waals surface area contributed by atoms with Gasteiger partial charge in [-0.3, -0.25) is 29.0 Å². The molecule has 0 aromatic heterocycles. The number of amides is 4. The first-order chi connectivity index (χ1) is 13.9. The molecule has 0 saturated carbocycles. The number of carboxylic acid groups (broad SMARTS) is 1. The summed E-state index contributed by atoms with van der Waals surface area (Å²) in [6.07, 6.45) is 0.348. The number of aliphatic carboxylic acids is 1. The number of carbonyl (C=O) groups is 5. The van der Waals surface area contributed by atoms with Gasteiger partial charge in [-0.1, -0.05) is 0 Å². The third kappa shape index (κ3) is 12.1. The molecule has 0 fully saturated rings. The van der Waals surface area contributed by atoms with E-state index in [1.807, 2.05) is 0 Å². The van der Waals surface area contributed by atoms with Crippen LogP contribution in [0, 0.1) is 0 Å². The summed E-state index contributed by atoms with van der Waals surface area (Å²) in [5, 5.41) is 15.4. The lowest BCUT2D eigenvalue weighted by Gasteiger charge is -2.22. The lowest BCUT2D eigenvalue weighted by Crippen LogP contribution is -2.55. The van der Waals surface area contributed by atoms with Gasteiger partial charge in [-0.05, 0) is 26.2 Å². The summed E-state index contributed by atoms with van der Waals surface area (Å²) >= 11 is 0. The molecule has 0 aliphatic carbocycles. The van der Waals surface area contributed by atoms with Crippen LogP contribution in [0.4, 0.5) is 0 Å². The second-order valence-corrected chi connectivity index (χ2v) is 6.46. The lowest BCUT2D eigenvalue weighted by molar-refractivity contribution is -0.138. The molecule has 170 valence electrons. The van der Waals surface area contributed by atoms with Crippen LogP contribution in [0.25, 0.3) is 0 Å². The highest BCUT2D eigenvalue weighted by Gasteiger charge is 2.26. The number of guanidine groups is 1. The maximum absolute atomic E-state index is 12.4. The Morgan fingerprint density at radius 1 is 0.967 bits per heavy atom. The minimum Gasteiger partial charge on any atom is -0.480 e. The molecule has 0 rings (SSSR count). The van der Waals surface area contributed by atoms with E-state index in [4.69, 9.17) is 28.0 Å².